The average molecular weight is 237 g/mol. The molecule has 1 aromatic carbocycles. The van der Waals surface area contributed by atoms with Crippen LogP contribution in [0, 0.1) is 5.82 Å². The number of rotatable bonds is 5. The fourth-order valence-corrected chi connectivity index (χ4v) is 2.35. The minimum absolute atomic E-state index is 0.107. The molecule has 3 heteroatoms. The van der Waals surface area contributed by atoms with E-state index in [4.69, 9.17) is 4.74 Å². The molecule has 1 fully saturated rings. The van der Waals surface area contributed by atoms with Crippen molar-refractivity contribution in [1.29, 1.82) is 0 Å². The lowest BCUT2D eigenvalue weighted by molar-refractivity contribution is 0.0148. The largest absolute Gasteiger partial charge is 0.381 e. The molecule has 94 valence electrons. The highest BCUT2D eigenvalue weighted by atomic mass is 19.1. The number of hydrogen-bond donors (Lipinski definition) is 1. The molecule has 17 heavy (non-hydrogen) atoms. The average Bonchev–Trinajstić information content (AvgIpc) is 2.26. The maximum Gasteiger partial charge on any atom is 0.126 e. The van der Waals surface area contributed by atoms with Gasteiger partial charge >= 0.3 is 0 Å². The molecule has 1 unspecified atom stereocenters. The van der Waals surface area contributed by atoms with Crippen LogP contribution in [0.25, 0.3) is 0 Å². The molecule has 1 N–H and O–H groups in total. The Labute approximate surface area is 102 Å². The minimum atomic E-state index is -0.107. The second-order valence-electron chi connectivity index (χ2n) is 4.89. The fraction of sp³-hybridized carbons (Fsp3) is 0.571. The van der Waals surface area contributed by atoms with E-state index in [9.17, 15) is 4.39 Å². The van der Waals surface area contributed by atoms with Crippen LogP contribution in [0.1, 0.15) is 25.3 Å². The number of nitrogens with one attached hydrogen (secondary N) is 1. The number of benzene rings is 1. The predicted octanol–water partition coefficient (Wildman–Crippen LogP) is 2.52. The van der Waals surface area contributed by atoms with Gasteiger partial charge in [0.2, 0.25) is 0 Å². The van der Waals surface area contributed by atoms with Crippen molar-refractivity contribution in [2.24, 2.45) is 0 Å². The molecule has 0 aromatic heterocycles. The van der Waals surface area contributed by atoms with Crippen molar-refractivity contribution in [3.8, 4) is 0 Å². The Hall–Kier alpha value is -0.930. The van der Waals surface area contributed by atoms with Crippen molar-refractivity contribution in [2.75, 3.05) is 7.11 Å². The zero-order valence-electron chi connectivity index (χ0n) is 10.4. The van der Waals surface area contributed by atoms with Crippen LogP contribution in [0.3, 0.4) is 0 Å². The maximum atomic E-state index is 13.5. The Morgan fingerprint density at radius 1 is 1.41 bits per heavy atom. The van der Waals surface area contributed by atoms with Crippen LogP contribution in [0.5, 0.6) is 0 Å². The maximum absolute atomic E-state index is 13.5. The Morgan fingerprint density at radius 2 is 2.12 bits per heavy atom. The third-order valence-corrected chi connectivity index (χ3v) is 3.43. The second-order valence-corrected chi connectivity index (χ2v) is 4.89. The Morgan fingerprint density at radius 3 is 2.76 bits per heavy atom. The lowest BCUT2D eigenvalue weighted by Gasteiger charge is -2.36. The van der Waals surface area contributed by atoms with Gasteiger partial charge in [-0.15, -0.1) is 0 Å². The Kier molecular flexibility index (Phi) is 4.13. The quantitative estimate of drug-likeness (QED) is 0.849. The van der Waals surface area contributed by atoms with E-state index in [1.54, 1.807) is 13.2 Å². The van der Waals surface area contributed by atoms with E-state index in [1.807, 2.05) is 12.1 Å². The molecule has 0 amide bonds. The van der Waals surface area contributed by atoms with Crippen LogP contribution < -0.4 is 5.32 Å². The monoisotopic (exact) mass is 237 g/mol. The summed E-state index contributed by atoms with van der Waals surface area (Å²) in [5.74, 6) is -0.107. The lowest BCUT2D eigenvalue weighted by atomic mass is 9.88. The normalized spacial score (nSPS) is 25.4. The van der Waals surface area contributed by atoms with Crippen LogP contribution >= 0.6 is 0 Å². The van der Waals surface area contributed by atoms with Gasteiger partial charge in [-0.05, 0) is 37.8 Å². The molecular formula is C14H20FNO. The first kappa shape index (κ1) is 12.5. The highest BCUT2D eigenvalue weighted by Crippen LogP contribution is 2.23. The van der Waals surface area contributed by atoms with Crippen LogP contribution in [0.2, 0.25) is 0 Å². The van der Waals surface area contributed by atoms with E-state index in [0.29, 0.717) is 18.2 Å². The van der Waals surface area contributed by atoms with Gasteiger partial charge in [0.15, 0.2) is 0 Å². The van der Waals surface area contributed by atoms with Gasteiger partial charge < -0.3 is 10.1 Å². The molecule has 1 aliphatic carbocycles. The molecule has 0 aliphatic heterocycles. The van der Waals surface area contributed by atoms with Crippen molar-refractivity contribution in [3.63, 3.8) is 0 Å². The van der Waals surface area contributed by atoms with E-state index >= 15 is 0 Å². The summed E-state index contributed by atoms with van der Waals surface area (Å²) in [6.07, 6.45) is 3.28. The topological polar surface area (TPSA) is 21.3 Å². The Bertz CT molecular complexity index is 363. The van der Waals surface area contributed by atoms with Crippen LogP contribution in [-0.4, -0.2) is 25.3 Å². The molecule has 1 aromatic rings. The molecule has 0 spiro atoms. The van der Waals surface area contributed by atoms with Crippen LogP contribution in [0.4, 0.5) is 4.39 Å². The predicted molar refractivity (Wildman–Crippen MR) is 66.5 cm³/mol. The molecule has 2 rings (SSSR count). The summed E-state index contributed by atoms with van der Waals surface area (Å²) in [5, 5.41) is 3.51. The second kappa shape index (κ2) is 5.61. The first-order chi connectivity index (χ1) is 8.19. The summed E-state index contributed by atoms with van der Waals surface area (Å²) >= 11 is 0. The highest BCUT2D eigenvalue weighted by molar-refractivity contribution is 5.18. The van der Waals surface area contributed by atoms with E-state index in [2.05, 4.69) is 12.2 Å². The van der Waals surface area contributed by atoms with E-state index in [0.717, 1.165) is 24.8 Å². The van der Waals surface area contributed by atoms with E-state index in [1.165, 1.54) is 6.07 Å². The van der Waals surface area contributed by atoms with Gasteiger partial charge in [-0.3, -0.25) is 0 Å². The summed E-state index contributed by atoms with van der Waals surface area (Å²) in [6.45, 7) is 2.10. The molecule has 1 atom stereocenters. The van der Waals surface area contributed by atoms with Gasteiger partial charge in [-0.1, -0.05) is 18.2 Å². The van der Waals surface area contributed by atoms with Gasteiger partial charge in [0.05, 0.1) is 6.10 Å². The summed E-state index contributed by atoms with van der Waals surface area (Å²) < 4.78 is 18.7. The fourth-order valence-electron chi connectivity index (χ4n) is 2.35. The van der Waals surface area contributed by atoms with Gasteiger partial charge in [-0.2, -0.15) is 0 Å². The molecule has 0 saturated heterocycles. The SMILES string of the molecule is COC1CC(NC(C)Cc2ccccc2F)C1. The summed E-state index contributed by atoms with van der Waals surface area (Å²) in [5.41, 5.74) is 0.787. The number of halogens is 1. The summed E-state index contributed by atoms with van der Waals surface area (Å²) in [4.78, 5) is 0. The lowest BCUT2D eigenvalue weighted by Crippen LogP contribution is -2.48. The molecule has 0 radical (unpaired) electrons. The van der Waals surface area contributed by atoms with Gasteiger partial charge in [0, 0.05) is 19.2 Å². The molecule has 1 saturated carbocycles. The first-order valence-electron chi connectivity index (χ1n) is 6.21. The van der Waals surface area contributed by atoms with Crippen LogP contribution in [0.15, 0.2) is 24.3 Å². The van der Waals surface area contributed by atoms with Gasteiger partial charge in [0.1, 0.15) is 5.82 Å². The highest BCUT2D eigenvalue weighted by Gasteiger charge is 2.29. The summed E-state index contributed by atoms with van der Waals surface area (Å²) in [7, 11) is 1.75. The molecular weight excluding hydrogens is 217 g/mol. The zero-order chi connectivity index (χ0) is 12.3. The standard InChI is InChI=1S/C14H20FNO/c1-10(16-12-8-13(9-12)17-2)7-11-5-3-4-6-14(11)15/h3-6,10,12-13,16H,7-9H2,1-2H3. The zero-order valence-corrected chi connectivity index (χ0v) is 10.4. The van der Waals surface area contributed by atoms with Crippen molar-refractivity contribution < 1.29 is 9.13 Å². The number of methoxy groups -OCH3 is 1. The third kappa shape index (κ3) is 3.27. The summed E-state index contributed by atoms with van der Waals surface area (Å²) in [6, 6.07) is 7.82. The van der Waals surface area contributed by atoms with E-state index in [-0.39, 0.29) is 5.82 Å². The number of hydrogen-bond acceptors (Lipinski definition) is 2. The molecule has 0 bridgehead atoms. The van der Waals surface area contributed by atoms with Gasteiger partial charge in [0.25, 0.3) is 0 Å². The smallest absolute Gasteiger partial charge is 0.126 e. The number of ether oxygens (including phenoxy) is 1. The van der Waals surface area contributed by atoms with Gasteiger partial charge in [-0.25, -0.2) is 4.39 Å². The molecule has 1 aliphatic rings. The van der Waals surface area contributed by atoms with Crippen molar-refractivity contribution >= 4 is 0 Å². The van der Waals surface area contributed by atoms with Crippen molar-refractivity contribution in [3.05, 3.63) is 35.6 Å². The van der Waals surface area contributed by atoms with Crippen LogP contribution in [-0.2, 0) is 11.2 Å². The van der Waals surface area contributed by atoms with Crippen molar-refractivity contribution in [2.45, 2.75) is 44.4 Å². The first-order valence-corrected chi connectivity index (χ1v) is 6.21. The minimum Gasteiger partial charge on any atom is -0.381 e. The van der Waals surface area contributed by atoms with E-state index < -0.39 is 0 Å². The molecule has 2 nitrogen and oxygen atoms in total. The Balaban J connectivity index is 1.78. The third-order valence-electron chi connectivity index (χ3n) is 3.43. The van der Waals surface area contributed by atoms with Crippen molar-refractivity contribution in [1.82, 2.24) is 5.32 Å². The molecule has 0 heterocycles.